The second-order valence-corrected chi connectivity index (χ2v) is 6.14. The highest BCUT2D eigenvalue weighted by Crippen LogP contribution is 2.35. The van der Waals surface area contributed by atoms with Crippen LogP contribution in [-0.2, 0) is 6.42 Å². The number of aromatic nitrogens is 1. The standard InChI is InChI=1S/C18H30N2/c1-3-15-9-5-6-11-17(15)18(19-4-2)13-12-16-10-7-8-14-20-16/h7-8,10,14-15,17-19H,3-6,9,11-13H2,1-2H3. The molecule has 0 saturated heterocycles. The van der Waals surface area contributed by atoms with E-state index in [2.05, 4.69) is 36.3 Å². The summed E-state index contributed by atoms with van der Waals surface area (Å²) < 4.78 is 0. The van der Waals surface area contributed by atoms with Crippen molar-refractivity contribution in [2.75, 3.05) is 6.54 Å². The number of nitrogens with zero attached hydrogens (tertiary/aromatic N) is 1. The van der Waals surface area contributed by atoms with E-state index in [1.807, 2.05) is 12.3 Å². The zero-order valence-corrected chi connectivity index (χ0v) is 13.1. The van der Waals surface area contributed by atoms with E-state index in [4.69, 9.17) is 0 Å². The summed E-state index contributed by atoms with van der Waals surface area (Å²) in [4.78, 5) is 4.47. The molecule has 0 radical (unpaired) electrons. The SMILES string of the molecule is CCNC(CCc1ccccn1)C1CCCCC1CC. The fraction of sp³-hybridized carbons (Fsp3) is 0.722. The lowest BCUT2D eigenvalue weighted by Gasteiger charge is -2.37. The van der Waals surface area contributed by atoms with Gasteiger partial charge < -0.3 is 5.32 Å². The summed E-state index contributed by atoms with van der Waals surface area (Å²) in [6, 6.07) is 6.92. The molecule has 1 aromatic rings. The molecule has 0 aliphatic heterocycles. The molecule has 1 aliphatic rings. The average Bonchev–Trinajstić information content (AvgIpc) is 2.52. The van der Waals surface area contributed by atoms with Crippen molar-refractivity contribution in [3.8, 4) is 0 Å². The van der Waals surface area contributed by atoms with Crippen LogP contribution < -0.4 is 5.32 Å². The van der Waals surface area contributed by atoms with Gasteiger partial charge >= 0.3 is 0 Å². The fourth-order valence-corrected chi connectivity index (χ4v) is 3.85. The van der Waals surface area contributed by atoms with Gasteiger partial charge in [-0.1, -0.05) is 45.6 Å². The van der Waals surface area contributed by atoms with E-state index in [0.717, 1.165) is 24.8 Å². The molecule has 1 saturated carbocycles. The Balaban J connectivity index is 1.94. The molecule has 2 rings (SSSR count). The quantitative estimate of drug-likeness (QED) is 0.805. The number of rotatable bonds is 7. The van der Waals surface area contributed by atoms with Gasteiger partial charge in [0.05, 0.1) is 0 Å². The van der Waals surface area contributed by atoms with E-state index in [-0.39, 0.29) is 0 Å². The third-order valence-electron chi connectivity index (χ3n) is 4.91. The van der Waals surface area contributed by atoms with E-state index < -0.39 is 0 Å². The highest BCUT2D eigenvalue weighted by molar-refractivity contribution is 5.04. The Hall–Kier alpha value is -0.890. The van der Waals surface area contributed by atoms with Crippen molar-refractivity contribution >= 4 is 0 Å². The van der Waals surface area contributed by atoms with E-state index in [9.17, 15) is 0 Å². The Kier molecular flexibility index (Phi) is 6.52. The van der Waals surface area contributed by atoms with Gasteiger partial charge in [0.1, 0.15) is 0 Å². The highest BCUT2D eigenvalue weighted by atomic mass is 14.9. The van der Waals surface area contributed by atoms with Crippen LogP contribution in [0.25, 0.3) is 0 Å². The van der Waals surface area contributed by atoms with Crippen LogP contribution in [0.1, 0.15) is 58.1 Å². The molecular formula is C18H30N2. The number of aryl methyl sites for hydroxylation is 1. The zero-order chi connectivity index (χ0) is 14.2. The summed E-state index contributed by atoms with van der Waals surface area (Å²) in [5.74, 6) is 1.80. The lowest BCUT2D eigenvalue weighted by Crippen LogP contribution is -2.41. The molecule has 0 spiro atoms. The van der Waals surface area contributed by atoms with Crippen molar-refractivity contribution in [2.24, 2.45) is 11.8 Å². The zero-order valence-electron chi connectivity index (χ0n) is 13.1. The molecule has 1 N–H and O–H groups in total. The van der Waals surface area contributed by atoms with Crippen molar-refractivity contribution in [1.82, 2.24) is 10.3 Å². The predicted octanol–water partition coefficient (Wildman–Crippen LogP) is 4.21. The normalized spacial score (nSPS) is 24.5. The van der Waals surface area contributed by atoms with Gasteiger partial charge in [-0.2, -0.15) is 0 Å². The summed E-state index contributed by atoms with van der Waals surface area (Å²) in [6.45, 7) is 5.68. The van der Waals surface area contributed by atoms with Crippen LogP contribution in [-0.4, -0.2) is 17.6 Å². The first-order chi connectivity index (χ1) is 9.85. The predicted molar refractivity (Wildman–Crippen MR) is 85.8 cm³/mol. The lowest BCUT2D eigenvalue weighted by molar-refractivity contribution is 0.170. The number of hydrogen-bond acceptors (Lipinski definition) is 2. The molecule has 1 fully saturated rings. The van der Waals surface area contributed by atoms with Gasteiger partial charge in [-0.3, -0.25) is 4.98 Å². The summed E-state index contributed by atoms with van der Waals surface area (Å²) in [7, 11) is 0. The molecule has 2 nitrogen and oxygen atoms in total. The van der Waals surface area contributed by atoms with Crippen LogP contribution in [0.3, 0.4) is 0 Å². The molecule has 3 unspecified atom stereocenters. The Bertz CT molecular complexity index is 363. The van der Waals surface area contributed by atoms with Crippen LogP contribution in [0.4, 0.5) is 0 Å². The third kappa shape index (κ3) is 4.31. The van der Waals surface area contributed by atoms with E-state index in [1.54, 1.807) is 0 Å². The summed E-state index contributed by atoms with van der Waals surface area (Å²) >= 11 is 0. The number of hydrogen-bond donors (Lipinski definition) is 1. The van der Waals surface area contributed by atoms with Gasteiger partial charge in [0, 0.05) is 17.9 Å². The second kappa shape index (κ2) is 8.41. The monoisotopic (exact) mass is 274 g/mol. The molecule has 20 heavy (non-hydrogen) atoms. The van der Waals surface area contributed by atoms with Gasteiger partial charge in [0.15, 0.2) is 0 Å². The maximum Gasteiger partial charge on any atom is 0.0404 e. The van der Waals surface area contributed by atoms with Crippen molar-refractivity contribution in [3.05, 3.63) is 30.1 Å². The Morgan fingerprint density at radius 3 is 2.80 bits per heavy atom. The fourth-order valence-electron chi connectivity index (χ4n) is 3.85. The van der Waals surface area contributed by atoms with Gasteiger partial charge in [-0.05, 0) is 49.8 Å². The molecule has 0 bridgehead atoms. The summed E-state index contributed by atoms with van der Waals surface area (Å²) in [5, 5.41) is 3.76. The van der Waals surface area contributed by atoms with Crippen molar-refractivity contribution in [1.29, 1.82) is 0 Å². The maximum atomic E-state index is 4.47. The van der Waals surface area contributed by atoms with Crippen LogP contribution in [0, 0.1) is 11.8 Å². The summed E-state index contributed by atoms with van der Waals surface area (Å²) in [5.41, 5.74) is 1.24. The van der Waals surface area contributed by atoms with Gasteiger partial charge in [0.25, 0.3) is 0 Å². The first-order valence-corrected chi connectivity index (χ1v) is 8.48. The van der Waals surface area contributed by atoms with Crippen molar-refractivity contribution in [3.63, 3.8) is 0 Å². The Morgan fingerprint density at radius 2 is 2.10 bits per heavy atom. The number of pyridine rings is 1. The van der Waals surface area contributed by atoms with Gasteiger partial charge in [-0.15, -0.1) is 0 Å². The molecule has 112 valence electrons. The first-order valence-electron chi connectivity index (χ1n) is 8.48. The molecular weight excluding hydrogens is 244 g/mol. The summed E-state index contributed by atoms with van der Waals surface area (Å²) in [6.07, 6.45) is 11.3. The average molecular weight is 274 g/mol. The molecule has 1 aliphatic carbocycles. The van der Waals surface area contributed by atoms with E-state index in [1.165, 1.54) is 44.2 Å². The molecule has 3 atom stereocenters. The highest BCUT2D eigenvalue weighted by Gasteiger charge is 2.29. The van der Waals surface area contributed by atoms with Crippen LogP contribution in [0.5, 0.6) is 0 Å². The third-order valence-corrected chi connectivity index (χ3v) is 4.91. The van der Waals surface area contributed by atoms with E-state index >= 15 is 0 Å². The second-order valence-electron chi connectivity index (χ2n) is 6.14. The molecule has 0 amide bonds. The number of nitrogens with one attached hydrogen (secondary N) is 1. The smallest absolute Gasteiger partial charge is 0.0404 e. The molecule has 0 aromatic carbocycles. The maximum absolute atomic E-state index is 4.47. The van der Waals surface area contributed by atoms with Crippen LogP contribution in [0.2, 0.25) is 0 Å². The minimum atomic E-state index is 0.673. The minimum absolute atomic E-state index is 0.673. The molecule has 2 heteroatoms. The molecule has 1 heterocycles. The van der Waals surface area contributed by atoms with Crippen LogP contribution in [0.15, 0.2) is 24.4 Å². The van der Waals surface area contributed by atoms with Crippen molar-refractivity contribution < 1.29 is 0 Å². The van der Waals surface area contributed by atoms with Gasteiger partial charge in [-0.25, -0.2) is 0 Å². The van der Waals surface area contributed by atoms with Crippen LogP contribution >= 0.6 is 0 Å². The van der Waals surface area contributed by atoms with E-state index in [0.29, 0.717) is 6.04 Å². The van der Waals surface area contributed by atoms with Gasteiger partial charge in [0.2, 0.25) is 0 Å². The largest absolute Gasteiger partial charge is 0.314 e. The Morgan fingerprint density at radius 1 is 1.25 bits per heavy atom. The minimum Gasteiger partial charge on any atom is -0.314 e. The molecule has 1 aromatic heterocycles. The Labute approximate surface area is 124 Å². The lowest BCUT2D eigenvalue weighted by atomic mass is 9.73. The topological polar surface area (TPSA) is 24.9 Å². The first kappa shape index (κ1) is 15.5. The van der Waals surface area contributed by atoms with Crippen molar-refractivity contribution in [2.45, 2.75) is 64.8 Å².